The van der Waals surface area contributed by atoms with Gasteiger partial charge < -0.3 is 15.5 Å². The number of hydrogen-bond acceptors (Lipinski definition) is 3. The number of nitrogen functional groups attached to an aromatic ring is 1. The summed E-state index contributed by atoms with van der Waals surface area (Å²) in [5, 5.41) is 0. The molecular weight excluding hydrogens is 192 g/mol. The summed E-state index contributed by atoms with van der Waals surface area (Å²) >= 11 is 0. The number of anilines is 2. The second-order valence-corrected chi connectivity index (χ2v) is 3.34. The zero-order valence-electron chi connectivity index (χ0n) is 8.10. The van der Waals surface area contributed by atoms with Gasteiger partial charge in [-0.3, -0.25) is 4.79 Å². The molecule has 1 aliphatic heterocycles. The molecule has 2 N–H and O–H groups in total. The van der Waals surface area contributed by atoms with Crippen molar-refractivity contribution in [3.63, 3.8) is 0 Å². The van der Waals surface area contributed by atoms with E-state index in [0.717, 1.165) is 6.42 Å². The van der Waals surface area contributed by atoms with E-state index in [4.69, 9.17) is 12.3 Å². The Kier molecular flexibility index (Phi) is 2.26. The van der Waals surface area contributed by atoms with Crippen LogP contribution in [0.1, 0.15) is 12.8 Å². The Hall–Kier alpha value is -2.09. The SMILES string of the molecule is [C-]#[N+]c1nc(N)ccc1N1CCCC1=O. The molecule has 0 atom stereocenters. The molecule has 0 spiro atoms. The Morgan fingerprint density at radius 1 is 1.53 bits per heavy atom. The van der Waals surface area contributed by atoms with Crippen LogP contribution in [0.25, 0.3) is 4.85 Å². The maximum atomic E-state index is 11.5. The van der Waals surface area contributed by atoms with Gasteiger partial charge in [0.15, 0.2) is 0 Å². The van der Waals surface area contributed by atoms with E-state index in [1.165, 1.54) is 0 Å². The maximum absolute atomic E-state index is 11.5. The van der Waals surface area contributed by atoms with Gasteiger partial charge in [0.05, 0.1) is 5.69 Å². The van der Waals surface area contributed by atoms with Crippen molar-refractivity contribution in [2.45, 2.75) is 12.8 Å². The molecule has 15 heavy (non-hydrogen) atoms. The fourth-order valence-corrected chi connectivity index (χ4v) is 1.65. The summed E-state index contributed by atoms with van der Waals surface area (Å²) in [4.78, 5) is 20.3. The highest BCUT2D eigenvalue weighted by Gasteiger charge is 2.24. The van der Waals surface area contributed by atoms with E-state index < -0.39 is 0 Å². The van der Waals surface area contributed by atoms with Crippen LogP contribution in [0.15, 0.2) is 12.1 Å². The molecule has 1 aromatic heterocycles. The molecule has 0 bridgehead atoms. The quantitative estimate of drug-likeness (QED) is 0.699. The minimum Gasteiger partial charge on any atom is -0.364 e. The van der Waals surface area contributed by atoms with Crippen molar-refractivity contribution in [2.75, 3.05) is 17.2 Å². The van der Waals surface area contributed by atoms with Crippen LogP contribution in [-0.2, 0) is 4.79 Å². The molecule has 0 unspecified atom stereocenters. The number of nitrogens with two attached hydrogens (primary N) is 1. The number of carbonyl (C=O) groups is 1. The molecule has 0 saturated carbocycles. The number of carbonyl (C=O) groups excluding carboxylic acids is 1. The predicted octanol–water partition coefficient (Wildman–Crippen LogP) is 1.34. The average molecular weight is 202 g/mol. The Balaban J connectivity index is 2.44. The molecule has 1 aliphatic rings. The summed E-state index contributed by atoms with van der Waals surface area (Å²) in [5.41, 5.74) is 6.05. The van der Waals surface area contributed by atoms with Crippen LogP contribution < -0.4 is 10.6 Å². The molecule has 5 nitrogen and oxygen atoms in total. The van der Waals surface area contributed by atoms with Gasteiger partial charge in [-0.2, -0.15) is 0 Å². The lowest BCUT2D eigenvalue weighted by Gasteiger charge is -2.16. The van der Waals surface area contributed by atoms with Crippen LogP contribution in [0.5, 0.6) is 0 Å². The minimum atomic E-state index is 0.0477. The summed E-state index contributed by atoms with van der Waals surface area (Å²) in [5.74, 6) is 0.549. The van der Waals surface area contributed by atoms with Gasteiger partial charge in [-0.25, -0.2) is 0 Å². The van der Waals surface area contributed by atoms with Gasteiger partial charge in [0.25, 0.3) is 5.82 Å². The summed E-state index contributed by atoms with van der Waals surface area (Å²) < 4.78 is 0. The monoisotopic (exact) mass is 202 g/mol. The molecule has 2 heterocycles. The summed E-state index contributed by atoms with van der Waals surface area (Å²) in [6, 6.07) is 3.29. The largest absolute Gasteiger partial charge is 0.364 e. The average Bonchev–Trinajstić information content (AvgIpc) is 2.64. The first-order chi connectivity index (χ1) is 7.22. The lowest BCUT2D eigenvalue weighted by atomic mass is 10.3. The highest BCUT2D eigenvalue weighted by atomic mass is 16.2. The van der Waals surface area contributed by atoms with E-state index in [9.17, 15) is 4.79 Å². The van der Waals surface area contributed by atoms with E-state index in [1.54, 1.807) is 17.0 Å². The van der Waals surface area contributed by atoms with E-state index in [1.807, 2.05) is 0 Å². The van der Waals surface area contributed by atoms with Crippen molar-refractivity contribution in [3.8, 4) is 0 Å². The molecule has 2 rings (SSSR count). The topological polar surface area (TPSA) is 63.6 Å². The highest BCUT2D eigenvalue weighted by molar-refractivity contribution is 5.98. The lowest BCUT2D eigenvalue weighted by Crippen LogP contribution is -2.23. The normalized spacial score (nSPS) is 15.4. The van der Waals surface area contributed by atoms with E-state index in [0.29, 0.717) is 24.5 Å². The summed E-state index contributed by atoms with van der Waals surface area (Å²) in [7, 11) is 0. The molecule has 0 radical (unpaired) electrons. The van der Waals surface area contributed by atoms with Crippen LogP contribution in [0.4, 0.5) is 17.3 Å². The third-order valence-corrected chi connectivity index (χ3v) is 2.35. The van der Waals surface area contributed by atoms with Crippen molar-refractivity contribution >= 4 is 23.2 Å². The Labute approximate surface area is 87.3 Å². The number of rotatable bonds is 1. The number of pyridine rings is 1. The standard InChI is InChI=1S/C10H10N4O/c1-12-10-7(4-5-8(11)13-10)14-6-2-3-9(14)15/h4-5H,2-3,6H2,(H2,11,13). The summed E-state index contributed by atoms with van der Waals surface area (Å²) in [6.07, 6.45) is 1.38. The number of aromatic nitrogens is 1. The molecule has 76 valence electrons. The zero-order valence-corrected chi connectivity index (χ0v) is 8.10. The Bertz CT molecular complexity index is 449. The fourth-order valence-electron chi connectivity index (χ4n) is 1.65. The first-order valence-electron chi connectivity index (χ1n) is 4.66. The molecule has 0 aromatic carbocycles. The number of amides is 1. The first kappa shape index (κ1) is 9.46. The van der Waals surface area contributed by atoms with Gasteiger partial charge in [-0.15, -0.1) is 4.98 Å². The van der Waals surface area contributed by atoms with Gasteiger partial charge in [-0.05, 0) is 12.5 Å². The Morgan fingerprint density at radius 3 is 2.93 bits per heavy atom. The number of hydrogen-bond donors (Lipinski definition) is 1. The molecule has 1 saturated heterocycles. The molecule has 1 fully saturated rings. The van der Waals surface area contributed by atoms with Crippen LogP contribution in [0.3, 0.4) is 0 Å². The summed E-state index contributed by atoms with van der Waals surface area (Å²) in [6.45, 7) is 7.64. The highest BCUT2D eigenvalue weighted by Crippen LogP contribution is 2.30. The molecular formula is C10H10N4O. The molecule has 1 aromatic rings. The van der Waals surface area contributed by atoms with Crippen molar-refractivity contribution in [1.82, 2.24) is 4.98 Å². The molecule has 1 amide bonds. The van der Waals surface area contributed by atoms with Gasteiger partial charge in [0, 0.05) is 19.0 Å². The zero-order chi connectivity index (χ0) is 10.8. The smallest absolute Gasteiger partial charge is 0.295 e. The molecule has 5 heteroatoms. The van der Waals surface area contributed by atoms with Crippen molar-refractivity contribution < 1.29 is 4.79 Å². The first-order valence-corrected chi connectivity index (χ1v) is 4.66. The van der Waals surface area contributed by atoms with E-state index >= 15 is 0 Å². The molecule has 0 aliphatic carbocycles. The van der Waals surface area contributed by atoms with E-state index in [2.05, 4.69) is 9.83 Å². The second kappa shape index (κ2) is 3.58. The van der Waals surface area contributed by atoms with Crippen LogP contribution >= 0.6 is 0 Å². The Morgan fingerprint density at radius 2 is 2.33 bits per heavy atom. The third-order valence-electron chi connectivity index (χ3n) is 2.35. The second-order valence-electron chi connectivity index (χ2n) is 3.34. The van der Waals surface area contributed by atoms with Gasteiger partial charge in [0.2, 0.25) is 11.7 Å². The van der Waals surface area contributed by atoms with Crippen LogP contribution in [0, 0.1) is 6.57 Å². The van der Waals surface area contributed by atoms with Crippen molar-refractivity contribution in [1.29, 1.82) is 0 Å². The number of nitrogens with zero attached hydrogens (tertiary/aromatic N) is 3. The predicted molar refractivity (Wildman–Crippen MR) is 56.5 cm³/mol. The van der Waals surface area contributed by atoms with Gasteiger partial charge in [0.1, 0.15) is 0 Å². The van der Waals surface area contributed by atoms with Gasteiger partial charge >= 0.3 is 0 Å². The van der Waals surface area contributed by atoms with Crippen molar-refractivity contribution in [3.05, 3.63) is 23.5 Å². The van der Waals surface area contributed by atoms with Crippen LogP contribution in [0.2, 0.25) is 0 Å². The van der Waals surface area contributed by atoms with E-state index in [-0.39, 0.29) is 11.7 Å². The lowest BCUT2D eigenvalue weighted by molar-refractivity contribution is -0.117. The maximum Gasteiger partial charge on any atom is 0.295 e. The van der Waals surface area contributed by atoms with Crippen molar-refractivity contribution in [2.24, 2.45) is 0 Å². The fraction of sp³-hybridized carbons (Fsp3) is 0.300. The minimum absolute atomic E-state index is 0.0477. The van der Waals surface area contributed by atoms with Gasteiger partial charge in [-0.1, -0.05) is 6.57 Å². The van der Waals surface area contributed by atoms with Crippen LogP contribution in [-0.4, -0.2) is 17.4 Å². The third kappa shape index (κ3) is 1.62.